The molecule has 0 N–H and O–H groups in total. The molecule has 106 heteroatoms. The maximum absolute atomic E-state index is 13.2. The zero-order valence-corrected chi connectivity index (χ0v) is 121. The van der Waals surface area contributed by atoms with E-state index in [4.69, 9.17) is 47.4 Å². The molecular weight excluding hydrogens is 2510 g/mol. The van der Waals surface area contributed by atoms with E-state index in [2.05, 4.69) is 66.9 Å². The van der Waals surface area contributed by atoms with Gasteiger partial charge in [0, 0.05) is 0 Å². The van der Waals surface area contributed by atoms with Crippen molar-refractivity contribution in [1.29, 1.82) is 0 Å². The van der Waals surface area contributed by atoms with Crippen molar-refractivity contribution in [1.82, 2.24) is 0 Å². The molecule has 1 aliphatic carbocycles. The molecule has 74 nitrogen and oxygen atoms in total. The Bertz CT molecular complexity index is 5850. The van der Waals surface area contributed by atoms with Gasteiger partial charge in [-0.15, -0.1) is 0 Å². The van der Waals surface area contributed by atoms with Gasteiger partial charge in [-0.2, -0.15) is 0 Å². The summed E-state index contributed by atoms with van der Waals surface area (Å²) in [5.41, 5.74) is 0. The van der Waals surface area contributed by atoms with Crippen LogP contribution in [0.1, 0.15) is 32.6 Å². The quantitative estimate of drug-likeness (QED) is 0.0310. The van der Waals surface area contributed by atoms with Crippen LogP contribution in [0.3, 0.4) is 0 Å². The average Bonchev–Trinajstić information content (AvgIpc) is 0.745. The van der Waals surface area contributed by atoms with Crippen molar-refractivity contribution in [3.8, 4) is 0 Å². The van der Waals surface area contributed by atoms with Crippen LogP contribution in [-0.2, 0) is 281 Å². The second kappa shape index (κ2) is 73.0. The number of rotatable bonds is 47. The Hall–Kier alpha value is 13.5. The molecule has 6 fully saturated rings. The van der Waals surface area contributed by atoms with Crippen molar-refractivity contribution in [3.63, 3.8) is 0 Å². The summed E-state index contributed by atoms with van der Waals surface area (Å²) in [7, 11) is -111. The summed E-state index contributed by atoms with van der Waals surface area (Å²) in [5.74, 6) is -0.265. The summed E-state index contributed by atoms with van der Waals surface area (Å²) < 4.78 is 718. The van der Waals surface area contributed by atoms with Crippen molar-refractivity contribution in [2.75, 3.05) is 33.0 Å². The van der Waals surface area contributed by atoms with E-state index in [1.807, 2.05) is 0 Å². The van der Waals surface area contributed by atoms with Gasteiger partial charge in [0.2, 0.25) is 166 Å². The van der Waals surface area contributed by atoms with Gasteiger partial charge in [0.25, 0.3) is 0 Å². The molecule has 0 bridgehead atoms. The van der Waals surface area contributed by atoms with E-state index in [9.17, 15) is 208 Å². The zero-order valence-electron chi connectivity index (χ0n) is 75.7. The Balaban J connectivity index is -0.00000121. The molecule has 143 heavy (non-hydrogen) atoms. The van der Waals surface area contributed by atoms with E-state index in [1.54, 1.807) is 6.92 Å². The average molecular weight is 2560 g/mol. The minimum Gasteiger partial charge on any atom is -0.726 e. The van der Waals surface area contributed by atoms with Gasteiger partial charge in [-0.25, -0.2) is 135 Å². The maximum atomic E-state index is 13.2. The molecule has 5 heterocycles. The van der Waals surface area contributed by atoms with Gasteiger partial charge in [0.05, 0.1) is 39.1 Å². The first-order valence-electron chi connectivity index (χ1n) is 31.3. The van der Waals surface area contributed by atoms with Gasteiger partial charge >= 0.3 is 473 Å². The molecule has 752 valence electrons. The molecule has 25 atom stereocenters. The van der Waals surface area contributed by atoms with Gasteiger partial charge in [-0.3, -0.25) is 66.9 Å². The Morgan fingerprint density at radius 1 is 0.175 bits per heavy atom. The van der Waals surface area contributed by atoms with Crippen molar-refractivity contribution in [2.24, 2.45) is 5.92 Å². The van der Waals surface area contributed by atoms with Crippen molar-refractivity contribution in [2.45, 2.75) is 192 Å². The van der Waals surface area contributed by atoms with E-state index in [-0.39, 0.29) is 505 Å². The fraction of sp³-hybridized carbons (Fsp3) is 1.00. The largest absolute Gasteiger partial charge is 1.00 e. The summed E-state index contributed by atoms with van der Waals surface area (Å²) in [4.78, 5) is 0. The molecule has 0 aromatic rings. The van der Waals surface area contributed by atoms with E-state index < -0.39 is 359 Å². The predicted molar refractivity (Wildman–Crippen MR) is 334 cm³/mol. The van der Waals surface area contributed by atoms with Crippen LogP contribution >= 0.6 is 0 Å². The number of hydrogen-bond donors (Lipinski definition) is 0. The molecule has 0 aromatic heterocycles. The van der Waals surface area contributed by atoms with Crippen molar-refractivity contribution >= 4 is 166 Å². The van der Waals surface area contributed by atoms with Crippen LogP contribution in [0.2, 0.25) is 0 Å². The topological polar surface area (TPSA) is 1160 Å². The van der Waals surface area contributed by atoms with Crippen molar-refractivity contribution in [3.05, 3.63) is 0 Å². The second-order valence-corrected chi connectivity index (χ2v) is 41.1. The minimum absolute atomic E-state index is 0. The Morgan fingerprint density at radius 3 is 0.448 bits per heavy atom. The normalized spacial score (nSPS) is 30.3. The van der Waals surface area contributed by atoms with E-state index in [0.29, 0.717) is 0 Å². The maximum Gasteiger partial charge on any atom is 1.00 e. The van der Waals surface area contributed by atoms with E-state index in [0.717, 1.165) is 0 Å². The molecule has 6 rings (SSSR count). The third-order valence-corrected chi connectivity index (χ3v) is 23.0. The second-order valence-electron chi connectivity index (χ2n) is 24.8. The third-order valence-electron chi connectivity index (χ3n) is 15.8. The summed E-state index contributed by atoms with van der Waals surface area (Å²) in [6.07, 6.45) is -102. The summed E-state index contributed by atoms with van der Waals surface area (Å²) >= 11 is 0. The first kappa shape index (κ1) is 179. The van der Waals surface area contributed by atoms with E-state index >= 15 is 0 Å². The van der Waals surface area contributed by atoms with Gasteiger partial charge in [0.15, 0.2) is 62.0 Å². The van der Waals surface area contributed by atoms with Gasteiger partial charge < -0.3 is 120 Å². The van der Waals surface area contributed by atoms with Crippen LogP contribution in [0.15, 0.2) is 0 Å². The van der Waals surface area contributed by atoms with E-state index in [1.165, 1.54) is 0 Å². The molecule has 0 aromatic carbocycles. The summed E-state index contributed by atoms with van der Waals surface area (Å²) in [6, 6.07) is 0. The molecule has 0 amide bonds. The molecule has 5 aliphatic heterocycles. The Kier molecular flexibility index (Phi) is 91.3. The fourth-order valence-electron chi connectivity index (χ4n) is 11.9. The number of ether oxygens (including phenoxy) is 10. The number of hydrogen-bond acceptors (Lipinski definition) is 74. The predicted octanol–water partition coefficient (Wildman–Crippen LogP) is -65.5. The minimum atomic E-state index is -7.48. The monoisotopic (exact) mass is 2560 g/mol. The Labute approximate surface area is 1170 Å². The summed E-state index contributed by atoms with van der Waals surface area (Å²) in [5, 5.41) is 0. The molecular formula is C37H48Na16O74S16. The third kappa shape index (κ3) is 70.2. The molecule has 1 unspecified atom stereocenters. The van der Waals surface area contributed by atoms with Crippen LogP contribution in [-0.4, -0.2) is 400 Å². The molecule has 0 spiro atoms. The van der Waals surface area contributed by atoms with Crippen LogP contribution in [0.25, 0.3) is 0 Å². The van der Waals surface area contributed by atoms with Crippen LogP contribution in [0.5, 0.6) is 0 Å². The van der Waals surface area contributed by atoms with Crippen LogP contribution in [0, 0.1) is 5.92 Å². The van der Waals surface area contributed by atoms with Gasteiger partial charge in [-0.1, -0.05) is 6.92 Å². The smallest absolute Gasteiger partial charge is 0.726 e. The van der Waals surface area contributed by atoms with Gasteiger partial charge in [0.1, 0.15) is 91.6 Å². The first-order chi connectivity index (χ1) is 56.7. The van der Waals surface area contributed by atoms with Gasteiger partial charge in [-0.05, 0) is 31.6 Å². The fourth-order valence-corrected chi connectivity index (χ4v) is 18.7. The molecule has 6 aliphatic rings. The zero-order chi connectivity index (χ0) is 97.3. The molecule has 5 saturated heterocycles. The molecule has 1 saturated carbocycles. The molecule has 0 radical (unpaired) electrons. The Morgan fingerprint density at radius 2 is 0.301 bits per heavy atom. The standard InChI is InChI=1S/C37H64O74S16.16Na/c1-11-2-4-12(5-3-11)91-33-28(107-123(71,72)73)23(18(101-117(53,54)55)13(92-33)6-86-112(38,39)40)97-34-29(108-124(74,75)76)24(19(102-118(56,57)58)14(93-34)7-87-113(41,42)43)98-35-30(109-125(77,78)79)25(20(103-119(59,60)61)15(94-35)8-88-114(44,45)46)99-36-31(110-126(80,81)82)26(21(104-120(62,63)64)16(95-36)9-89-115(47,48)49)100-37-32(111-127(83,84)85)27(106-122(68,69)70)22(105-121(65,66)67)17(96-37)10-90-116(50,51)52;;;;;;;;;;;;;;;;/h11-37H,2-10H2,1H3,(H,38,39,40)(H,41,42,43)(H,44,45,46)(H,47,48,49)(H,50,51,52)(H,53,54,55)(H,56,57,58)(H,59,60,61)(H,62,63,64)(H,65,66,67)(H,68,69,70)(H,71,72,73)(H,74,75,76)(H,77,78,79)(H,80,81,82)(H,83,84,85);;;;;;;;;;;;;;;;/q;16*+1/p-16/t11?,12?,13-,14-,15-,16-,17-,18-,19-,20-,21-,22-,23+,24+,25+,26+,27+,28-,29-,30-,31-,32-,33?,34+,35+,36+,37+;;;;;;;;;;;;;;;;/m1................/s1. The van der Waals surface area contributed by atoms with Crippen molar-refractivity contribution < 1.29 is 795 Å². The first-order valence-corrected chi connectivity index (χ1v) is 52.7. The van der Waals surface area contributed by atoms with Crippen LogP contribution in [0.4, 0.5) is 0 Å². The van der Waals surface area contributed by atoms with Crippen LogP contribution < -0.4 is 473 Å². The SMILES string of the molecule is CC1CCC(OC2O[C@H](COS(=O)(=O)[O-])[C@@H](OS(=O)(=O)[O-])[C@H](O[C@@H]3O[C@H](COS(=O)(=O)[O-])[C@@H](OS(=O)(=O)[O-])[C@H](O[C@@H]4O[C@H](COS(=O)(=O)[O-])[C@@H](OS(=O)(=O)[O-])[C@H](O[C@@H]5O[C@H](COS(=O)(=O)[O-])[C@@H](OS(=O)(=O)[O-])[C@H](O[C@@H]6O[C@H](COS(=O)(=O)[O-])[C@@H](OS(=O)(=O)[O-])[C@H](OS(=O)(=O)[O-])[C@H]6OS(=O)(=O)[O-])[C@H]5OS(=O)(=O)[O-])[C@H]4OS(=O)(=O)[O-])[C@H]3OS(=O)(=O)[O-])[C@H]2OS(=O)(=O)[O-])CC1.[Na+].[Na+].[Na+].[Na+].[Na+].[Na+].[Na+].[Na+].[Na+].[Na+].[Na+].[Na+].[Na+].[Na+].[Na+].[Na+]. The summed E-state index contributed by atoms with van der Waals surface area (Å²) in [6.45, 7) is -11.3.